The number of hydrogen-bond donors (Lipinski definition) is 0. The Morgan fingerprint density at radius 1 is 1.03 bits per heavy atom. The summed E-state index contributed by atoms with van der Waals surface area (Å²) in [5.74, 6) is 1.62. The van der Waals surface area contributed by atoms with Crippen LogP contribution in [-0.4, -0.2) is 22.9 Å². The van der Waals surface area contributed by atoms with Gasteiger partial charge >= 0.3 is 5.97 Å². The van der Waals surface area contributed by atoms with Gasteiger partial charge in [0.25, 0.3) is 0 Å². The van der Waals surface area contributed by atoms with Gasteiger partial charge in [-0.25, -0.2) is 0 Å². The second kappa shape index (κ2) is 7.81. The Kier molecular flexibility index (Phi) is 5.37. The fourth-order valence-corrected chi connectivity index (χ4v) is 5.43. The monoisotopic (exact) mass is 393 g/mol. The van der Waals surface area contributed by atoms with Gasteiger partial charge < -0.3 is 9.30 Å². The van der Waals surface area contributed by atoms with E-state index in [0.717, 1.165) is 29.4 Å². The maximum atomic E-state index is 12.8. The number of ketones is 1. The topological polar surface area (TPSA) is 48.3 Å². The van der Waals surface area contributed by atoms with Crippen LogP contribution in [0.4, 0.5) is 0 Å². The molecule has 29 heavy (non-hydrogen) atoms. The molecular weight excluding hydrogens is 362 g/mol. The summed E-state index contributed by atoms with van der Waals surface area (Å²) in [5, 5.41) is 0. The van der Waals surface area contributed by atoms with Crippen molar-refractivity contribution in [1.82, 2.24) is 4.57 Å². The van der Waals surface area contributed by atoms with Crippen LogP contribution in [0.15, 0.2) is 24.3 Å². The molecule has 1 aromatic heterocycles. The highest BCUT2D eigenvalue weighted by atomic mass is 16.5. The standard InChI is InChI=1S/C25H31NO3/c1-15-5-8-22(9-16(15)2)26-17(3)10-23(18(26)4)24(27)14-29-25(28)13-21-12-19-6-7-20(21)11-19/h5,8-10,19-21H,6-7,11-14H2,1-4H3/t19-,20-,21-/m0/s1. The minimum atomic E-state index is -0.223. The van der Waals surface area contributed by atoms with Crippen LogP contribution in [0.1, 0.15) is 65.0 Å². The molecule has 1 aromatic carbocycles. The van der Waals surface area contributed by atoms with Gasteiger partial charge in [0.05, 0.1) is 0 Å². The lowest BCUT2D eigenvalue weighted by Crippen LogP contribution is -2.20. The van der Waals surface area contributed by atoms with E-state index in [-0.39, 0.29) is 18.4 Å². The largest absolute Gasteiger partial charge is 0.457 e. The summed E-state index contributed by atoms with van der Waals surface area (Å²) in [6.45, 7) is 7.96. The maximum Gasteiger partial charge on any atom is 0.306 e. The van der Waals surface area contributed by atoms with E-state index in [4.69, 9.17) is 4.74 Å². The number of esters is 1. The molecule has 0 unspecified atom stereocenters. The Morgan fingerprint density at radius 3 is 2.48 bits per heavy atom. The van der Waals surface area contributed by atoms with Gasteiger partial charge in [0.15, 0.2) is 6.61 Å². The van der Waals surface area contributed by atoms with Crippen molar-refractivity contribution in [3.05, 3.63) is 52.3 Å². The van der Waals surface area contributed by atoms with Crippen LogP contribution in [0.25, 0.3) is 5.69 Å². The second-order valence-corrected chi connectivity index (χ2v) is 9.11. The van der Waals surface area contributed by atoms with Gasteiger partial charge in [-0.2, -0.15) is 0 Å². The second-order valence-electron chi connectivity index (χ2n) is 9.11. The van der Waals surface area contributed by atoms with E-state index in [1.807, 2.05) is 19.9 Å². The minimum Gasteiger partial charge on any atom is -0.457 e. The van der Waals surface area contributed by atoms with Crippen molar-refractivity contribution in [3.63, 3.8) is 0 Å². The van der Waals surface area contributed by atoms with Gasteiger partial charge in [0.2, 0.25) is 5.78 Å². The first-order valence-electron chi connectivity index (χ1n) is 10.8. The Hall–Kier alpha value is -2.36. The lowest BCUT2D eigenvalue weighted by atomic mass is 9.86. The Balaban J connectivity index is 1.41. The third-order valence-electron chi connectivity index (χ3n) is 7.16. The zero-order valence-corrected chi connectivity index (χ0v) is 18.0. The maximum absolute atomic E-state index is 12.8. The molecule has 4 rings (SSSR count). The normalized spacial score (nSPS) is 22.8. The molecule has 3 atom stereocenters. The number of carbonyl (C=O) groups excluding carboxylic acids is 2. The Bertz CT molecular complexity index is 955. The minimum absolute atomic E-state index is 0.130. The Morgan fingerprint density at radius 2 is 1.83 bits per heavy atom. The van der Waals surface area contributed by atoms with E-state index in [1.165, 1.54) is 30.4 Å². The van der Waals surface area contributed by atoms with Crippen LogP contribution in [0.3, 0.4) is 0 Å². The fourth-order valence-electron chi connectivity index (χ4n) is 5.43. The zero-order chi connectivity index (χ0) is 20.7. The molecule has 2 aliphatic carbocycles. The lowest BCUT2D eigenvalue weighted by molar-refractivity contribution is -0.144. The molecule has 0 radical (unpaired) electrons. The average Bonchev–Trinajstić information content (AvgIpc) is 3.37. The molecule has 4 heteroatoms. The molecular formula is C25H31NO3. The summed E-state index contributed by atoms with van der Waals surface area (Å²) in [6, 6.07) is 8.21. The molecule has 2 aliphatic rings. The number of benzene rings is 1. The van der Waals surface area contributed by atoms with E-state index in [0.29, 0.717) is 23.8 Å². The van der Waals surface area contributed by atoms with Crippen LogP contribution in [0, 0.1) is 45.4 Å². The third-order valence-corrected chi connectivity index (χ3v) is 7.16. The predicted octanol–water partition coefficient (Wildman–Crippen LogP) is 5.26. The van der Waals surface area contributed by atoms with Gasteiger partial charge in [0.1, 0.15) is 0 Å². The number of carbonyl (C=O) groups is 2. The number of ether oxygens (including phenoxy) is 1. The highest BCUT2D eigenvalue weighted by molar-refractivity contribution is 5.99. The van der Waals surface area contributed by atoms with Crippen LogP contribution >= 0.6 is 0 Å². The number of fused-ring (bicyclic) bond motifs is 2. The lowest BCUT2D eigenvalue weighted by Gasteiger charge is -2.20. The van der Waals surface area contributed by atoms with Crippen molar-refractivity contribution in [1.29, 1.82) is 0 Å². The molecule has 1 heterocycles. The van der Waals surface area contributed by atoms with Crippen molar-refractivity contribution in [2.24, 2.45) is 17.8 Å². The molecule has 154 valence electrons. The average molecular weight is 394 g/mol. The molecule has 0 aliphatic heterocycles. The summed E-state index contributed by atoms with van der Waals surface area (Å²) < 4.78 is 7.47. The van der Waals surface area contributed by atoms with Crippen molar-refractivity contribution < 1.29 is 14.3 Å². The molecule has 2 bridgehead atoms. The van der Waals surface area contributed by atoms with Crippen LogP contribution in [-0.2, 0) is 9.53 Å². The number of nitrogens with zero attached hydrogens (tertiary/aromatic N) is 1. The number of aryl methyl sites for hydroxylation is 3. The van der Waals surface area contributed by atoms with Crippen molar-refractivity contribution in [3.8, 4) is 5.69 Å². The summed E-state index contributed by atoms with van der Waals surface area (Å²) >= 11 is 0. The van der Waals surface area contributed by atoms with E-state index >= 15 is 0 Å². The SMILES string of the molecule is Cc1ccc(-n2c(C)cc(C(=O)COC(=O)C[C@@H]3C[C@H]4CC[C@H]3C4)c2C)cc1C. The van der Waals surface area contributed by atoms with Gasteiger partial charge in [-0.15, -0.1) is 0 Å². The summed E-state index contributed by atoms with van der Waals surface area (Å²) in [7, 11) is 0. The van der Waals surface area contributed by atoms with Crippen LogP contribution < -0.4 is 0 Å². The molecule has 4 nitrogen and oxygen atoms in total. The number of rotatable bonds is 6. The van der Waals surface area contributed by atoms with E-state index in [1.54, 1.807) is 0 Å². The molecule has 0 saturated heterocycles. The van der Waals surface area contributed by atoms with Gasteiger partial charge in [-0.1, -0.05) is 12.5 Å². The number of Topliss-reactive ketones (excluding diaryl/α,β-unsaturated/α-hetero) is 1. The van der Waals surface area contributed by atoms with Crippen molar-refractivity contribution in [2.75, 3.05) is 6.61 Å². The van der Waals surface area contributed by atoms with Crippen LogP contribution in [0.2, 0.25) is 0 Å². The van der Waals surface area contributed by atoms with Crippen molar-refractivity contribution in [2.45, 2.75) is 59.8 Å². The zero-order valence-electron chi connectivity index (χ0n) is 18.0. The third kappa shape index (κ3) is 3.90. The number of hydrogen-bond acceptors (Lipinski definition) is 3. The summed E-state index contributed by atoms with van der Waals surface area (Å²) in [4.78, 5) is 25.0. The first kappa shape index (κ1) is 19.9. The molecule has 0 spiro atoms. The highest BCUT2D eigenvalue weighted by Crippen LogP contribution is 2.49. The first-order chi connectivity index (χ1) is 13.8. The quantitative estimate of drug-likeness (QED) is 0.497. The molecule has 0 N–H and O–H groups in total. The van der Waals surface area contributed by atoms with Gasteiger partial charge in [0, 0.05) is 29.1 Å². The summed E-state index contributed by atoms with van der Waals surface area (Å²) in [5.41, 5.74) is 6.04. The fraction of sp³-hybridized carbons (Fsp3) is 0.520. The first-order valence-corrected chi connectivity index (χ1v) is 10.8. The van der Waals surface area contributed by atoms with E-state index in [2.05, 4.69) is 36.6 Å². The molecule has 2 aromatic rings. The van der Waals surface area contributed by atoms with E-state index in [9.17, 15) is 9.59 Å². The van der Waals surface area contributed by atoms with E-state index < -0.39 is 0 Å². The van der Waals surface area contributed by atoms with Crippen molar-refractivity contribution >= 4 is 11.8 Å². The van der Waals surface area contributed by atoms with Gasteiger partial charge in [-0.3, -0.25) is 9.59 Å². The smallest absolute Gasteiger partial charge is 0.306 e. The molecule has 2 fully saturated rings. The molecule has 0 amide bonds. The Labute approximate surface area is 173 Å². The van der Waals surface area contributed by atoms with Gasteiger partial charge in [-0.05, 0) is 94.0 Å². The summed E-state index contributed by atoms with van der Waals surface area (Å²) in [6.07, 6.45) is 5.49. The van der Waals surface area contributed by atoms with Crippen LogP contribution in [0.5, 0.6) is 0 Å². The highest BCUT2D eigenvalue weighted by Gasteiger charge is 2.40. The predicted molar refractivity (Wildman–Crippen MR) is 114 cm³/mol. The number of aromatic nitrogens is 1. The molecule has 2 saturated carbocycles.